The third-order valence-corrected chi connectivity index (χ3v) is 2.65. The molecule has 0 atom stereocenters. The molecule has 7 heteroatoms. The molecule has 0 fully saturated rings. The molecule has 0 aliphatic heterocycles. The van der Waals surface area contributed by atoms with Gasteiger partial charge in [-0.05, 0) is 26.0 Å². The molecule has 1 N–H and O–H groups in total. The lowest BCUT2D eigenvalue weighted by Gasteiger charge is -2.23. The minimum Gasteiger partial charge on any atom is -0.450 e. The molecule has 0 unspecified atom stereocenters. The zero-order valence-corrected chi connectivity index (χ0v) is 12.1. The van der Waals surface area contributed by atoms with Crippen molar-refractivity contribution < 1.29 is 23.1 Å². The van der Waals surface area contributed by atoms with Gasteiger partial charge < -0.3 is 10.1 Å². The van der Waals surface area contributed by atoms with Gasteiger partial charge in [0.05, 0.1) is 0 Å². The molecule has 0 saturated heterocycles. The Morgan fingerprint density at radius 2 is 1.74 bits per heavy atom. The van der Waals surface area contributed by atoms with Crippen molar-refractivity contribution in [2.24, 2.45) is 0 Å². The number of amides is 1. The summed E-state index contributed by atoms with van der Waals surface area (Å²) in [5, 5.41) is 2.06. The van der Waals surface area contributed by atoms with Crippen LogP contribution < -0.4 is 5.32 Å². The van der Waals surface area contributed by atoms with Gasteiger partial charge in [0.1, 0.15) is 5.69 Å². The van der Waals surface area contributed by atoms with E-state index >= 15 is 0 Å². The minimum atomic E-state index is -1.53. The maximum absolute atomic E-state index is 13.5. The molecule has 0 bridgehead atoms. The van der Waals surface area contributed by atoms with E-state index in [0.29, 0.717) is 0 Å². The third kappa shape index (κ3) is 3.99. The van der Waals surface area contributed by atoms with Gasteiger partial charge in [-0.2, -0.15) is 0 Å². The Bertz CT molecular complexity index is 509. The molecule has 1 aromatic carbocycles. The van der Waals surface area contributed by atoms with Gasteiger partial charge in [0, 0.05) is 11.4 Å². The summed E-state index contributed by atoms with van der Waals surface area (Å²) in [6.07, 6.45) is 0. The number of halogens is 3. The molecule has 19 heavy (non-hydrogen) atoms. The highest BCUT2D eigenvalue weighted by Crippen LogP contribution is 2.25. The summed E-state index contributed by atoms with van der Waals surface area (Å²) in [5.74, 6) is -3.36. The van der Waals surface area contributed by atoms with Crippen molar-refractivity contribution in [2.45, 2.75) is 26.4 Å². The third-order valence-electron chi connectivity index (χ3n) is 2.19. The lowest BCUT2D eigenvalue weighted by Crippen LogP contribution is -2.41. The van der Waals surface area contributed by atoms with Gasteiger partial charge in [-0.1, -0.05) is 15.9 Å². The molecule has 4 nitrogen and oxygen atoms in total. The number of hydrogen-bond acceptors (Lipinski definition) is 3. The number of esters is 1. The molecule has 104 valence electrons. The molecule has 0 saturated carbocycles. The van der Waals surface area contributed by atoms with Crippen LogP contribution in [-0.2, 0) is 14.3 Å². The van der Waals surface area contributed by atoms with Crippen molar-refractivity contribution in [3.63, 3.8) is 0 Å². The fraction of sp³-hybridized carbons (Fsp3) is 0.333. The van der Waals surface area contributed by atoms with Crippen LogP contribution in [0.3, 0.4) is 0 Å². The van der Waals surface area contributed by atoms with E-state index in [1.165, 1.54) is 13.8 Å². The topological polar surface area (TPSA) is 55.4 Å². The molecule has 1 aromatic rings. The van der Waals surface area contributed by atoms with Gasteiger partial charge in [-0.15, -0.1) is 0 Å². The van der Waals surface area contributed by atoms with Crippen molar-refractivity contribution in [2.75, 3.05) is 5.32 Å². The SMILES string of the molecule is CC(=O)OC(C)(C)C(=O)Nc1c(F)cc(Br)cc1F. The first-order valence-corrected chi connectivity index (χ1v) is 6.08. The number of nitrogens with one attached hydrogen (secondary N) is 1. The second-order valence-corrected chi connectivity index (χ2v) is 5.22. The van der Waals surface area contributed by atoms with Crippen LogP contribution in [0, 0.1) is 11.6 Å². The summed E-state index contributed by atoms with van der Waals surface area (Å²) in [4.78, 5) is 22.7. The zero-order chi connectivity index (χ0) is 14.8. The number of hydrogen-bond donors (Lipinski definition) is 1. The number of ether oxygens (including phenoxy) is 1. The average Bonchev–Trinajstić information content (AvgIpc) is 2.20. The molecule has 0 aliphatic carbocycles. The van der Waals surface area contributed by atoms with E-state index in [4.69, 9.17) is 4.74 Å². The van der Waals surface area contributed by atoms with Gasteiger partial charge in [-0.25, -0.2) is 8.78 Å². The van der Waals surface area contributed by atoms with Crippen LogP contribution in [0.25, 0.3) is 0 Å². The fourth-order valence-corrected chi connectivity index (χ4v) is 1.73. The molecule has 1 rings (SSSR count). The molecule has 0 radical (unpaired) electrons. The van der Waals surface area contributed by atoms with Crippen LogP contribution in [-0.4, -0.2) is 17.5 Å². The number of anilines is 1. The minimum absolute atomic E-state index is 0.208. The lowest BCUT2D eigenvalue weighted by molar-refractivity contribution is -0.160. The van der Waals surface area contributed by atoms with E-state index in [2.05, 4.69) is 21.2 Å². The van der Waals surface area contributed by atoms with E-state index in [0.717, 1.165) is 19.1 Å². The molecule has 0 aromatic heterocycles. The largest absolute Gasteiger partial charge is 0.450 e. The smallest absolute Gasteiger partial charge is 0.303 e. The van der Waals surface area contributed by atoms with Gasteiger partial charge in [0.15, 0.2) is 17.2 Å². The molecular formula is C12H12BrF2NO3. The number of rotatable bonds is 3. The first-order chi connectivity index (χ1) is 8.63. The Morgan fingerprint density at radius 3 is 2.16 bits per heavy atom. The molecule has 1 amide bonds. The average molecular weight is 336 g/mol. The monoisotopic (exact) mass is 335 g/mol. The maximum Gasteiger partial charge on any atom is 0.303 e. The zero-order valence-electron chi connectivity index (χ0n) is 10.5. The van der Waals surface area contributed by atoms with Crippen LogP contribution in [0.2, 0.25) is 0 Å². The highest BCUT2D eigenvalue weighted by Gasteiger charge is 2.32. The Hall–Kier alpha value is -1.50. The molecule has 0 heterocycles. The van der Waals surface area contributed by atoms with Crippen LogP contribution >= 0.6 is 15.9 Å². The van der Waals surface area contributed by atoms with Crippen molar-refractivity contribution in [1.82, 2.24) is 0 Å². The first-order valence-electron chi connectivity index (χ1n) is 5.29. The van der Waals surface area contributed by atoms with Crippen molar-refractivity contribution in [3.05, 3.63) is 28.2 Å². The standard InChI is InChI=1S/C12H12BrF2NO3/c1-6(17)19-12(2,3)11(18)16-10-8(14)4-7(13)5-9(10)15/h4-5H,1-3H3,(H,16,18). The number of benzene rings is 1. The van der Waals surface area contributed by atoms with E-state index in [9.17, 15) is 18.4 Å². The number of carbonyl (C=O) groups excluding carboxylic acids is 2. The first kappa shape index (κ1) is 15.6. The predicted molar refractivity (Wildman–Crippen MR) is 68.5 cm³/mol. The van der Waals surface area contributed by atoms with Gasteiger partial charge >= 0.3 is 5.97 Å². The normalized spacial score (nSPS) is 11.1. The molecule has 0 aliphatic rings. The maximum atomic E-state index is 13.5. The van der Waals surface area contributed by atoms with Gasteiger partial charge in [0.2, 0.25) is 0 Å². The van der Waals surface area contributed by atoms with E-state index in [-0.39, 0.29) is 4.47 Å². The fourth-order valence-electron chi connectivity index (χ4n) is 1.33. The Kier molecular flexibility index (Phi) is 4.62. The Balaban J connectivity index is 2.97. The van der Waals surface area contributed by atoms with Crippen molar-refractivity contribution >= 4 is 33.5 Å². The summed E-state index contributed by atoms with van der Waals surface area (Å²) in [7, 11) is 0. The van der Waals surface area contributed by atoms with Crippen molar-refractivity contribution in [3.8, 4) is 0 Å². The molecule has 0 spiro atoms. The molecular weight excluding hydrogens is 324 g/mol. The second-order valence-electron chi connectivity index (χ2n) is 4.30. The Labute approximate surface area is 117 Å². The summed E-state index contributed by atoms with van der Waals surface area (Å²) >= 11 is 2.92. The van der Waals surface area contributed by atoms with Gasteiger partial charge in [-0.3, -0.25) is 9.59 Å². The van der Waals surface area contributed by atoms with E-state index < -0.39 is 34.8 Å². The summed E-state index contributed by atoms with van der Waals surface area (Å²) in [6, 6.07) is 2.02. The second kappa shape index (κ2) is 5.64. The van der Waals surface area contributed by atoms with E-state index in [1.807, 2.05) is 0 Å². The van der Waals surface area contributed by atoms with Crippen LogP contribution in [0.5, 0.6) is 0 Å². The quantitative estimate of drug-likeness (QED) is 0.864. The predicted octanol–water partition coefficient (Wildman–Crippen LogP) is 3.01. The number of carbonyl (C=O) groups is 2. The highest BCUT2D eigenvalue weighted by molar-refractivity contribution is 9.10. The summed E-state index contributed by atoms with van der Waals surface area (Å²) < 4.78 is 32.0. The van der Waals surface area contributed by atoms with Crippen molar-refractivity contribution in [1.29, 1.82) is 0 Å². The van der Waals surface area contributed by atoms with Crippen LogP contribution in [0.4, 0.5) is 14.5 Å². The Morgan fingerprint density at radius 1 is 1.26 bits per heavy atom. The summed E-state index contributed by atoms with van der Waals surface area (Å²) in [6.45, 7) is 3.77. The highest BCUT2D eigenvalue weighted by atomic mass is 79.9. The van der Waals surface area contributed by atoms with Crippen LogP contribution in [0.1, 0.15) is 20.8 Å². The lowest BCUT2D eigenvalue weighted by atomic mass is 10.1. The van der Waals surface area contributed by atoms with Gasteiger partial charge in [0.25, 0.3) is 5.91 Å². The van der Waals surface area contributed by atoms with E-state index in [1.54, 1.807) is 0 Å². The summed E-state index contributed by atoms with van der Waals surface area (Å²) in [5.41, 5.74) is -2.12. The van der Waals surface area contributed by atoms with Crippen LogP contribution in [0.15, 0.2) is 16.6 Å².